The summed E-state index contributed by atoms with van der Waals surface area (Å²) in [5.74, 6) is 8.23. The number of rotatable bonds is 1. The molecule has 0 saturated heterocycles. The molecule has 1 aromatic rings. The fraction of sp³-hybridized carbons (Fsp3) is 0.621. The molecule has 3 fully saturated rings. The largest absolute Gasteiger partial charge is 0.462 e. The van der Waals surface area contributed by atoms with E-state index in [0.717, 1.165) is 56.9 Å². The minimum atomic E-state index is -0.906. The van der Waals surface area contributed by atoms with Gasteiger partial charge in [-0.1, -0.05) is 55.5 Å². The monoisotopic (exact) mass is 432 g/mol. The van der Waals surface area contributed by atoms with Crippen LogP contribution in [0.2, 0.25) is 0 Å². The van der Waals surface area contributed by atoms with Crippen LogP contribution in [0, 0.1) is 40.4 Å². The van der Waals surface area contributed by atoms with Gasteiger partial charge in [0.25, 0.3) is 0 Å². The molecule has 0 bridgehead atoms. The van der Waals surface area contributed by atoms with Crippen molar-refractivity contribution in [2.75, 3.05) is 0 Å². The summed E-state index contributed by atoms with van der Waals surface area (Å²) in [4.78, 5) is 11.5. The zero-order valence-corrected chi connectivity index (χ0v) is 19.7. The highest BCUT2D eigenvalue weighted by Gasteiger charge is 2.63. The van der Waals surface area contributed by atoms with Gasteiger partial charge >= 0.3 is 5.97 Å². The maximum absolute atomic E-state index is 11.8. The maximum atomic E-state index is 11.8. The highest BCUT2D eigenvalue weighted by Crippen LogP contribution is 2.67. The Hall–Kier alpha value is -2.05. The molecule has 0 radical (unpaired) electrons. The number of aliphatic hydroxyl groups is 1. The molecule has 170 valence electrons. The summed E-state index contributed by atoms with van der Waals surface area (Å²) in [5, 5.41) is 11.8. The van der Waals surface area contributed by atoms with Crippen LogP contribution in [0.1, 0.15) is 77.7 Å². The van der Waals surface area contributed by atoms with E-state index in [1.165, 1.54) is 12.5 Å². The first-order valence-corrected chi connectivity index (χ1v) is 12.4. The Kier molecular flexibility index (Phi) is 5.29. The Morgan fingerprint density at radius 3 is 2.56 bits per heavy atom. The molecular formula is C29H36O3. The van der Waals surface area contributed by atoms with Gasteiger partial charge in [0.05, 0.1) is 0 Å². The first-order chi connectivity index (χ1) is 15.3. The van der Waals surface area contributed by atoms with Gasteiger partial charge in [0.15, 0.2) is 0 Å². The van der Waals surface area contributed by atoms with Crippen LogP contribution in [0.3, 0.4) is 0 Å². The third-order valence-corrected chi connectivity index (χ3v) is 9.73. The van der Waals surface area contributed by atoms with Gasteiger partial charge in [-0.05, 0) is 80.2 Å². The second kappa shape index (κ2) is 7.77. The normalized spacial score (nSPS) is 42.4. The second-order valence-electron chi connectivity index (χ2n) is 11.2. The molecule has 32 heavy (non-hydrogen) atoms. The van der Waals surface area contributed by atoms with E-state index in [-0.39, 0.29) is 22.9 Å². The molecule has 4 aliphatic carbocycles. The minimum absolute atomic E-state index is 0.0436. The average Bonchev–Trinajstić information content (AvgIpc) is 3.04. The molecule has 5 rings (SSSR count). The van der Waals surface area contributed by atoms with Crippen LogP contribution in [0.25, 0.3) is 0 Å². The van der Waals surface area contributed by atoms with E-state index in [1.54, 1.807) is 0 Å². The summed E-state index contributed by atoms with van der Waals surface area (Å²) >= 11 is 0. The number of ether oxygens (including phenoxy) is 1. The van der Waals surface area contributed by atoms with Crippen molar-refractivity contribution < 1.29 is 14.6 Å². The second-order valence-corrected chi connectivity index (χ2v) is 11.2. The number of hydrogen-bond acceptors (Lipinski definition) is 3. The van der Waals surface area contributed by atoms with Crippen molar-refractivity contribution in [3.63, 3.8) is 0 Å². The van der Waals surface area contributed by atoms with E-state index < -0.39 is 5.60 Å². The predicted molar refractivity (Wildman–Crippen MR) is 126 cm³/mol. The summed E-state index contributed by atoms with van der Waals surface area (Å²) in [6.45, 7) is 6.28. The van der Waals surface area contributed by atoms with Crippen LogP contribution in [0.4, 0.5) is 0 Å². The summed E-state index contributed by atoms with van der Waals surface area (Å²) in [6, 6.07) is 10.0. The zero-order chi connectivity index (χ0) is 22.6. The van der Waals surface area contributed by atoms with Crippen molar-refractivity contribution in [3.8, 4) is 11.8 Å². The smallest absolute Gasteiger partial charge is 0.302 e. The fourth-order valence-corrected chi connectivity index (χ4v) is 7.88. The molecule has 3 heteroatoms. The highest BCUT2D eigenvalue weighted by molar-refractivity contribution is 5.66. The topological polar surface area (TPSA) is 46.5 Å². The van der Waals surface area contributed by atoms with Crippen LogP contribution >= 0.6 is 0 Å². The molecule has 0 unspecified atom stereocenters. The van der Waals surface area contributed by atoms with Crippen molar-refractivity contribution in [3.05, 3.63) is 47.5 Å². The van der Waals surface area contributed by atoms with Gasteiger partial charge in [0, 0.05) is 24.3 Å². The van der Waals surface area contributed by atoms with Crippen LogP contribution in [0.15, 0.2) is 42.0 Å². The zero-order valence-electron chi connectivity index (χ0n) is 19.7. The number of hydrogen-bond donors (Lipinski definition) is 1. The van der Waals surface area contributed by atoms with E-state index in [0.29, 0.717) is 17.8 Å². The molecule has 7 atom stereocenters. The predicted octanol–water partition coefficient (Wildman–Crippen LogP) is 5.66. The molecule has 0 amide bonds. The molecule has 0 spiro atoms. The maximum Gasteiger partial charge on any atom is 0.302 e. The number of esters is 1. The lowest BCUT2D eigenvalue weighted by Gasteiger charge is -2.58. The van der Waals surface area contributed by atoms with Crippen molar-refractivity contribution in [2.24, 2.45) is 28.6 Å². The van der Waals surface area contributed by atoms with Gasteiger partial charge in [0.2, 0.25) is 0 Å². The Morgan fingerprint density at radius 2 is 1.81 bits per heavy atom. The molecule has 3 saturated carbocycles. The van der Waals surface area contributed by atoms with Crippen LogP contribution in [-0.4, -0.2) is 22.8 Å². The molecule has 0 heterocycles. The quantitative estimate of drug-likeness (QED) is 0.354. The van der Waals surface area contributed by atoms with E-state index in [4.69, 9.17) is 4.74 Å². The lowest BCUT2D eigenvalue weighted by molar-refractivity contribution is -0.149. The third kappa shape index (κ3) is 3.34. The van der Waals surface area contributed by atoms with Crippen LogP contribution in [-0.2, 0) is 9.53 Å². The summed E-state index contributed by atoms with van der Waals surface area (Å²) in [7, 11) is 0. The van der Waals surface area contributed by atoms with Crippen molar-refractivity contribution >= 4 is 5.97 Å². The fourth-order valence-electron chi connectivity index (χ4n) is 7.88. The Labute approximate surface area is 192 Å². The molecule has 0 aliphatic heterocycles. The number of allylic oxidation sites excluding steroid dienone is 1. The first-order valence-electron chi connectivity index (χ1n) is 12.4. The lowest BCUT2D eigenvalue weighted by atomic mass is 9.47. The Balaban J connectivity index is 1.40. The van der Waals surface area contributed by atoms with Crippen molar-refractivity contribution in [2.45, 2.75) is 83.8 Å². The number of benzene rings is 1. The number of carbonyl (C=O) groups is 1. The van der Waals surface area contributed by atoms with Crippen molar-refractivity contribution in [1.29, 1.82) is 0 Å². The molecular weight excluding hydrogens is 396 g/mol. The number of fused-ring (bicyclic) bond motifs is 5. The molecule has 1 N–H and O–H groups in total. The van der Waals surface area contributed by atoms with Gasteiger partial charge in [-0.25, -0.2) is 0 Å². The third-order valence-electron chi connectivity index (χ3n) is 9.73. The standard InChI is InChI=1S/C29H36O3/c1-20(30)32-23-12-15-27(2)22(19-23)9-10-24-25(27)13-16-28(3)26(24)14-18-29(28,31)17-11-21-7-5-4-6-8-21/h4-9,23-26,31H,10,12-16,18-19H2,1-3H3/t23-,24-,25+,26-,27-,28+,29+/m1/s1. The van der Waals surface area contributed by atoms with E-state index in [2.05, 4.69) is 31.8 Å². The Bertz CT molecular complexity index is 985. The summed E-state index contributed by atoms with van der Waals surface area (Å²) in [5.41, 5.74) is 1.64. The van der Waals surface area contributed by atoms with Crippen LogP contribution < -0.4 is 0 Å². The van der Waals surface area contributed by atoms with Gasteiger partial charge < -0.3 is 9.84 Å². The molecule has 3 nitrogen and oxygen atoms in total. The van der Waals surface area contributed by atoms with Gasteiger partial charge in [-0.3, -0.25) is 4.79 Å². The summed E-state index contributed by atoms with van der Waals surface area (Å²) < 4.78 is 5.57. The van der Waals surface area contributed by atoms with E-state index >= 15 is 0 Å². The Morgan fingerprint density at radius 1 is 1.06 bits per heavy atom. The van der Waals surface area contributed by atoms with Crippen LogP contribution in [0.5, 0.6) is 0 Å². The van der Waals surface area contributed by atoms with Gasteiger partial charge in [-0.2, -0.15) is 0 Å². The minimum Gasteiger partial charge on any atom is -0.462 e. The first kappa shape index (κ1) is 21.8. The lowest BCUT2D eigenvalue weighted by Crippen LogP contribution is -2.54. The molecule has 4 aliphatic rings. The van der Waals surface area contributed by atoms with Gasteiger partial charge in [-0.15, -0.1) is 0 Å². The van der Waals surface area contributed by atoms with E-state index in [1.807, 2.05) is 30.3 Å². The number of carbonyl (C=O) groups excluding carboxylic acids is 1. The van der Waals surface area contributed by atoms with Crippen molar-refractivity contribution in [1.82, 2.24) is 0 Å². The SMILES string of the molecule is CC(=O)O[C@@H]1CC[C@]2(C)C(=CC[C@H]3[C@H]4CC[C@@](O)(C#Cc5ccccc5)[C@@]4(C)CC[C@@H]32)C1. The molecule has 1 aromatic carbocycles. The highest BCUT2D eigenvalue weighted by atomic mass is 16.5. The molecule has 0 aromatic heterocycles. The summed E-state index contributed by atoms with van der Waals surface area (Å²) in [6.07, 6.45) is 10.6. The van der Waals surface area contributed by atoms with E-state index in [9.17, 15) is 9.90 Å². The van der Waals surface area contributed by atoms with Gasteiger partial charge in [0.1, 0.15) is 11.7 Å². The average molecular weight is 433 g/mol.